The van der Waals surface area contributed by atoms with E-state index in [1.54, 1.807) is 13.2 Å². The standard InChI is InChI=1S/C13H19FN4O2/c1-9(8-20-2)17-13(15)16-7-12(19)18-11-5-3-4-10(14)6-11/h3-6,9H,7-8H2,1-2H3,(H,18,19)(H3,15,16,17). The fourth-order valence-electron chi connectivity index (χ4n) is 1.51. The van der Waals surface area contributed by atoms with Crippen LogP contribution in [0.4, 0.5) is 10.1 Å². The molecule has 0 saturated heterocycles. The van der Waals surface area contributed by atoms with Crippen LogP contribution < -0.4 is 16.4 Å². The molecular weight excluding hydrogens is 263 g/mol. The van der Waals surface area contributed by atoms with Crippen molar-refractivity contribution in [2.24, 2.45) is 10.7 Å². The predicted octanol–water partition coefficient (Wildman–Crippen LogP) is 0.703. The number of methoxy groups -OCH3 is 1. The zero-order valence-electron chi connectivity index (χ0n) is 11.5. The molecule has 6 nitrogen and oxygen atoms in total. The Balaban J connectivity index is 2.42. The molecule has 1 unspecified atom stereocenters. The van der Waals surface area contributed by atoms with Crippen molar-refractivity contribution in [3.05, 3.63) is 30.1 Å². The van der Waals surface area contributed by atoms with Crippen molar-refractivity contribution in [2.75, 3.05) is 25.6 Å². The van der Waals surface area contributed by atoms with Crippen LogP contribution in [0.1, 0.15) is 6.92 Å². The van der Waals surface area contributed by atoms with Gasteiger partial charge in [0.25, 0.3) is 0 Å². The lowest BCUT2D eigenvalue weighted by molar-refractivity contribution is -0.114. The van der Waals surface area contributed by atoms with Gasteiger partial charge >= 0.3 is 0 Å². The predicted molar refractivity (Wildman–Crippen MR) is 76.0 cm³/mol. The second kappa shape index (κ2) is 8.11. The molecule has 0 radical (unpaired) electrons. The van der Waals surface area contributed by atoms with Gasteiger partial charge in [0.05, 0.1) is 6.61 Å². The van der Waals surface area contributed by atoms with Crippen LogP contribution in [0.5, 0.6) is 0 Å². The molecule has 0 spiro atoms. The van der Waals surface area contributed by atoms with Crippen LogP contribution >= 0.6 is 0 Å². The maximum absolute atomic E-state index is 12.9. The number of amides is 1. The third-order valence-electron chi connectivity index (χ3n) is 2.31. The molecule has 0 heterocycles. The molecule has 0 saturated carbocycles. The van der Waals surface area contributed by atoms with E-state index >= 15 is 0 Å². The summed E-state index contributed by atoms with van der Waals surface area (Å²) in [6.07, 6.45) is 0. The number of rotatable bonds is 6. The van der Waals surface area contributed by atoms with Crippen LogP contribution in [0, 0.1) is 5.82 Å². The number of anilines is 1. The van der Waals surface area contributed by atoms with Crippen LogP contribution in [0.15, 0.2) is 29.3 Å². The summed E-state index contributed by atoms with van der Waals surface area (Å²) >= 11 is 0. The average molecular weight is 282 g/mol. The number of benzene rings is 1. The summed E-state index contributed by atoms with van der Waals surface area (Å²) in [7, 11) is 1.58. The van der Waals surface area contributed by atoms with Crippen molar-refractivity contribution in [1.82, 2.24) is 5.32 Å². The number of carbonyl (C=O) groups excluding carboxylic acids is 1. The number of nitrogens with one attached hydrogen (secondary N) is 2. The van der Waals surface area contributed by atoms with E-state index in [1.807, 2.05) is 6.92 Å². The lowest BCUT2D eigenvalue weighted by Gasteiger charge is -2.13. The highest BCUT2D eigenvalue weighted by atomic mass is 19.1. The number of nitrogens with two attached hydrogens (primary N) is 1. The SMILES string of the molecule is COCC(C)NC(N)=NCC(=O)Nc1cccc(F)c1. The van der Waals surface area contributed by atoms with Crippen molar-refractivity contribution >= 4 is 17.6 Å². The molecule has 0 bridgehead atoms. The summed E-state index contributed by atoms with van der Waals surface area (Å²) in [6.45, 7) is 2.21. The fraction of sp³-hybridized carbons (Fsp3) is 0.385. The smallest absolute Gasteiger partial charge is 0.246 e. The minimum atomic E-state index is -0.416. The van der Waals surface area contributed by atoms with Gasteiger partial charge in [-0.1, -0.05) is 6.07 Å². The Morgan fingerprint density at radius 2 is 2.30 bits per heavy atom. The highest BCUT2D eigenvalue weighted by Gasteiger charge is 2.04. The second-order valence-corrected chi connectivity index (χ2v) is 4.26. The third-order valence-corrected chi connectivity index (χ3v) is 2.31. The maximum Gasteiger partial charge on any atom is 0.246 e. The maximum atomic E-state index is 12.9. The summed E-state index contributed by atoms with van der Waals surface area (Å²) in [6, 6.07) is 5.62. The molecule has 0 fully saturated rings. The van der Waals surface area contributed by atoms with Crippen molar-refractivity contribution in [3.63, 3.8) is 0 Å². The number of nitrogens with zero attached hydrogens (tertiary/aromatic N) is 1. The first-order chi connectivity index (χ1) is 9.51. The van der Waals surface area contributed by atoms with Gasteiger partial charge in [-0.3, -0.25) is 4.79 Å². The van der Waals surface area contributed by atoms with E-state index < -0.39 is 5.82 Å². The van der Waals surface area contributed by atoms with Gasteiger partial charge in [0, 0.05) is 18.8 Å². The Labute approximate surface area is 117 Å². The molecule has 1 aromatic carbocycles. The Morgan fingerprint density at radius 1 is 1.55 bits per heavy atom. The molecule has 1 amide bonds. The minimum Gasteiger partial charge on any atom is -0.383 e. The van der Waals surface area contributed by atoms with Crippen LogP contribution in [0.3, 0.4) is 0 Å². The van der Waals surface area contributed by atoms with Crippen molar-refractivity contribution in [1.29, 1.82) is 0 Å². The van der Waals surface area contributed by atoms with Crippen LogP contribution in [-0.2, 0) is 9.53 Å². The van der Waals surface area contributed by atoms with Gasteiger partial charge < -0.3 is 21.1 Å². The van der Waals surface area contributed by atoms with Gasteiger partial charge in [-0.15, -0.1) is 0 Å². The highest BCUT2D eigenvalue weighted by Crippen LogP contribution is 2.08. The van der Waals surface area contributed by atoms with E-state index in [4.69, 9.17) is 10.5 Å². The summed E-state index contributed by atoms with van der Waals surface area (Å²) < 4.78 is 17.9. The monoisotopic (exact) mass is 282 g/mol. The van der Waals surface area contributed by atoms with E-state index in [-0.39, 0.29) is 24.5 Å². The first-order valence-electron chi connectivity index (χ1n) is 6.12. The molecule has 110 valence electrons. The molecular formula is C13H19FN4O2. The van der Waals surface area contributed by atoms with Gasteiger partial charge in [-0.25, -0.2) is 9.38 Å². The van der Waals surface area contributed by atoms with Gasteiger partial charge in [-0.2, -0.15) is 0 Å². The quantitative estimate of drug-likeness (QED) is 0.529. The Bertz CT molecular complexity index is 479. The number of aliphatic imine (C=N–C) groups is 1. The summed E-state index contributed by atoms with van der Waals surface area (Å²) in [4.78, 5) is 15.5. The van der Waals surface area contributed by atoms with E-state index in [1.165, 1.54) is 18.2 Å². The van der Waals surface area contributed by atoms with Crippen molar-refractivity contribution in [2.45, 2.75) is 13.0 Å². The van der Waals surface area contributed by atoms with E-state index in [0.29, 0.717) is 12.3 Å². The van der Waals surface area contributed by atoms with Gasteiger partial charge in [0.2, 0.25) is 5.91 Å². The largest absolute Gasteiger partial charge is 0.383 e. The second-order valence-electron chi connectivity index (χ2n) is 4.26. The number of guanidine groups is 1. The van der Waals surface area contributed by atoms with Gasteiger partial charge in [-0.05, 0) is 25.1 Å². The van der Waals surface area contributed by atoms with E-state index in [9.17, 15) is 9.18 Å². The molecule has 20 heavy (non-hydrogen) atoms. The summed E-state index contributed by atoms with van der Waals surface area (Å²) in [5.41, 5.74) is 5.99. The average Bonchev–Trinajstić information content (AvgIpc) is 2.36. The molecule has 4 N–H and O–H groups in total. The lowest BCUT2D eigenvalue weighted by atomic mass is 10.3. The number of halogens is 1. The van der Waals surface area contributed by atoms with Crippen molar-refractivity contribution in [3.8, 4) is 0 Å². The molecule has 7 heteroatoms. The zero-order chi connectivity index (χ0) is 15.0. The molecule has 0 aromatic heterocycles. The molecule has 0 aliphatic rings. The first-order valence-corrected chi connectivity index (χ1v) is 6.12. The number of carbonyl (C=O) groups is 1. The minimum absolute atomic E-state index is 0.00460. The molecule has 1 rings (SSSR count). The van der Waals surface area contributed by atoms with Gasteiger partial charge in [0.1, 0.15) is 12.4 Å². The van der Waals surface area contributed by atoms with Gasteiger partial charge in [0.15, 0.2) is 5.96 Å². The summed E-state index contributed by atoms with van der Waals surface area (Å²) in [5.74, 6) is -0.635. The van der Waals surface area contributed by atoms with E-state index in [0.717, 1.165) is 0 Å². The number of hydrogen-bond acceptors (Lipinski definition) is 3. The number of hydrogen-bond donors (Lipinski definition) is 3. The Hall–Kier alpha value is -2.15. The van der Waals surface area contributed by atoms with E-state index in [2.05, 4.69) is 15.6 Å². The lowest BCUT2D eigenvalue weighted by Crippen LogP contribution is -2.41. The number of ether oxygens (including phenoxy) is 1. The van der Waals surface area contributed by atoms with Crippen LogP contribution in [-0.4, -0.2) is 38.2 Å². The molecule has 1 atom stereocenters. The van der Waals surface area contributed by atoms with Crippen LogP contribution in [0.2, 0.25) is 0 Å². The summed E-state index contributed by atoms with van der Waals surface area (Å²) in [5, 5.41) is 5.39. The van der Waals surface area contributed by atoms with Crippen molar-refractivity contribution < 1.29 is 13.9 Å². The zero-order valence-corrected chi connectivity index (χ0v) is 11.5. The molecule has 1 aromatic rings. The first kappa shape index (κ1) is 15.9. The normalized spacial score (nSPS) is 12.8. The fourth-order valence-corrected chi connectivity index (χ4v) is 1.51. The third kappa shape index (κ3) is 6.14. The Kier molecular flexibility index (Phi) is 6.45. The highest BCUT2D eigenvalue weighted by molar-refractivity contribution is 5.93. The topological polar surface area (TPSA) is 88.7 Å². The molecule has 0 aliphatic heterocycles. The Morgan fingerprint density at radius 3 is 2.95 bits per heavy atom. The van der Waals surface area contributed by atoms with Crippen LogP contribution in [0.25, 0.3) is 0 Å². The molecule has 0 aliphatic carbocycles.